The predicted molar refractivity (Wildman–Crippen MR) is 119 cm³/mol. The Morgan fingerprint density at radius 1 is 1.07 bits per heavy atom. The van der Waals surface area contributed by atoms with Crippen LogP contribution < -0.4 is 0 Å². The SMILES string of the molecule is O=[N+]([O-])c1cc(Br)c(O)c(C=Nc2ccc3oc(-c4ccc(O)c(Br)c4)nc3c2)c1. The second-order valence-electron chi connectivity index (χ2n) is 6.22. The lowest BCUT2D eigenvalue weighted by Gasteiger charge is -2.02. The largest absolute Gasteiger partial charge is 0.507 e. The summed E-state index contributed by atoms with van der Waals surface area (Å²) in [6, 6.07) is 12.5. The van der Waals surface area contributed by atoms with Gasteiger partial charge >= 0.3 is 0 Å². The number of aromatic hydroxyl groups is 2. The van der Waals surface area contributed by atoms with E-state index in [0.29, 0.717) is 32.7 Å². The third kappa shape index (κ3) is 3.91. The van der Waals surface area contributed by atoms with Crippen LogP contribution in [-0.4, -0.2) is 26.3 Å². The van der Waals surface area contributed by atoms with Crippen molar-refractivity contribution in [1.82, 2.24) is 4.98 Å². The summed E-state index contributed by atoms with van der Waals surface area (Å²) in [6.45, 7) is 0. The normalized spacial score (nSPS) is 11.4. The Morgan fingerprint density at radius 3 is 2.60 bits per heavy atom. The lowest BCUT2D eigenvalue weighted by molar-refractivity contribution is -0.385. The molecule has 0 aliphatic heterocycles. The number of phenols is 2. The van der Waals surface area contributed by atoms with E-state index >= 15 is 0 Å². The summed E-state index contributed by atoms with van der Waals surface area (Å²) in [5.74, 6) is 0.349. The summed E-state index contributed by atoms with van der Waals surface area (Å²) < 4.78 is 6.48. The smallest absolute Gasteiger partial charge is 0.271 e. The van der Waals surface area contributed by atoms with Crippen LogP contribution in [0.4, 0.5) is 11.4 Å². The molecule has 0 radical (unpaired) electrons. The van der Waals surface area contributed by atoms with Crippen LogP contribution in [-0.2, 0) is 0 Å². The maximum absolute atomic E-state index is 11.0. The van der Waals surface area contributed by atoms with Crippen molar-refractivity contribution in [2.45, 2.75) is 0 Å². The van der Waals surface area contributed by atoms with Gasteiger partial charge in [-0.05, 0) is 68.3 Å². The van der Waals surface area contributed by atoms with E-state index in [0.717, 1.165) is 0 Å². The zero-order valence-electron chi connectivity index (χ0n) is 14.9. The molecule has 0 aliphatic carbocycles. The van der Waals surface area contributed by atoms with Crippen molar-refractivity contribution in [2.24, 2.45) is 4.99 Å². The highest BCUT2D eigenvalue weighted by atomic mass is 79.9. The van der Waals surface area contributed by atoms with Gasteiger partial charge in [-0.2, -0.15) is 0 Å². The monoisotopic (exact) mass is 531 g/mol. The number of fused-ring (bicyclic) bond motifs is 1. The third-order valence-corrected chi connectivity index (χ3v) is 5.45. The minimum atomic E-state index is -0.549. The Balaban J connectivity index is 1.68. The van der Waals surface area contributed by atoms with Crippen LogP contribution in [0.2, 0.25) is 0 Å². The zero-order chi connectivity index (χ0) is 21.4. The number of non-ortho nitro benzene ring substituents is 1. The quantitative estimate of drug-likeness (QED) is 0.186. The standard InChI is InChI=1S/C20H11Br2N3O5/c21-14-6-10(1-3-17(14)26)20-24-16-7-12(2-4-18(16)30-20)23-9-11-5-13(25(28)29)8-15(22)19(11)27/h1-9,26-27H. The maximum Gasteiger partial charge on any atom is 0.271 e. The van der Waals surface area contributed by atoms with E-state index in [1.165, 1.54) is 24.4 Å². The predicted octanol–water partition coefficient (Wildman–Crippen LogP) is 6.09. The molecule has 10 heteroatoms. The number of oxazole rings is 1. The van der Waals surface area contributed by atoms with E-state index in [2.05, 4.69) is 41.8 Å². The van der Waals surface area contributed by atoms with Gasteiger partial charge in [0, 0.05) is 29.5 Å². The second kappa shape index (κ2) is 7.88. The van der Waals surface area contributed by atoms with Crippen molar-refractivity contribution in [2.75, 3.05) is 0 Å². The average Bonchev–Trinajstić information content (AvgIpc) is 3.14. The van der Waals surface area contributed by atoms with Gasteiger partial charge in [-0.1, -0.05) is 0 Å². The number of aromatic nitrogens is 1. The first kappa shape index (κ1) is 20.0. The number of phenolic OH excluding ortho intramolecular Hbond substituents is 2. The number of rotatable bonds is 4. The van der Waals surface area contributed by atoms with E-state index in [-0.39, 0.29) is 27.2 Å². The molecule has 8 nitrogen and oxygen atoms in total. The molecule has 150 valence electrons. The molecule has 0 bridgehead atoms. The molecule has 0 atom stereocenters. The van der Waals surface area contributed by atoms with Gasteiger partial charge in [0.1, 0.15) is 17.0 Å². The van der Waals surface area contributed by atoms with Crippen LogP contribution in [0.15, 0.2) is 66.9 Å². The molecule has 0 fully saturated rings. The summed E-state index contributed by atoms with van der Waals surface area (Å²) in [6.07, 6.45) is 1.34. The Bertz CT molecular complexity index is 1330. The van der Waals surface area contributed by atoms with Crippen LogP contribution in [0.1, 0.15) is 5.56 Å². The first-order valence-electron chi connectivity index (χ1n) is 8.42. The number of benzene rings is 3. The van der Waals surface area contributed by atoms with Gasteiger partial charge in [-0.3, -0.25) is 15.1 Å². The number of halogens is 2. The van der Waals surface area contributed by atoms with Crippen molar-refractivity contribution in [3.05, 3.63) is 73.2 Å². The van der Waals surface area contributed by atoms with Crippen molar-refractivity contribution in [3.63, 3.8) is 0 Å². The highest BCUT2D eigenvalue weighted by Crippen LogP contribution is 2.33. The molecule has 0 aliphatic rings. The number of nitrogens with zero attached hydrogens (tertiary/aromatic N) is 3. The molecule has 4 aromatic rings. The molecule has 4 rings (SSSR count). The summed E-state index contributed by atoms with van der Waals surface area (Å²) >= 11 is 6.36. The van der Waals surface area contributed by atoms with Gasteiger partial charge in [0.15, 0.2) is 5.58 Å². The third-order valence-electron chi connectivity index (χ3n) is 4.21. The number of hydrogen-bond donors (Lipinski definition) is 2. The fraction of sp³-hybridized carbons (Fsp3) is 0. The molecule has 1 heterocycles. The Labute approximate surface area is 185 Å². The molecular formula is C20H11Br2N3O5. The van der Waals surface area contributed by atoms with Gasteiger partial charge in [-0.25, -0.2) is 4.98 Å². The Kier molecular flexibility index (Phi) is 5.27. The van der Waals surface area contributed by atoms with Crippen molar-refractivity contribution >= 4 is 60.5 Å². The molecular weight excluding hydrogens is 522 g/mol. The fourth-order valence-corrected chi connectivity index (χ4v) is 3.56. The minimum Gasteiger partial charge on any atom is -0.507 e. The number of nitro groups is 1. The fourth-order valence-electron chi connectivity index (χ4n) is 2.71. The highest BCUT2D eigenvalue weighted by Gasteiger charge is 2.14. The molecule has 30 heavy (non-hydrogen) atoms. The van der Waals surface area contributed by atoms with Gasteiger partial charge in [0.25, 0.3) is 5.69 Å². The van der Waals surface area contributed by atoms with Crippen molar-refractivity contribution in [1.29, 1.82) is 0 Å². The van der Waals surface area contributed by atoms with E-state index in [4.69, 9.17) is 4.42 Å². The van der Waals surface area contributed by atoms with Crippen LogP contribution >= 0.6 is 31.9 Å². The molecule has 0 saturated carbocycles. The number of hydrogen-bond acceptors (Lipinski definition) is 7. The first-order chi connectivity index (χ1) is 14.3. The molecule has 1 aromatic heterocycles. The molecule has 0 saturated heterocycles. The molecule has 0 unspecified atom stereocenters. The van der Waals surface area contributed by atoms with Gasteiger partial charge in [-0.15, -0.1) is 0 Å². The Morgan fingerprint density at radius 2 is 1.87 bits per heavy atom. The summed E-state index contributed by atoms with van der Waals surface area (Å²) in [5.41, 5.74) is 2.36. The van der Waals surface area contributed by atoms with Gasteiger partial charge < -0.3 is 14.6 Å². The number of aliphatic imine (C=N–C) groups is 1. The highest BCUT2D eigenvalue weighted by molar-refractivity contribution is 9.10. The number of nitro benzene ring substituents is 1. The van der Waals surface area contributed by atoms with Crippen LogP contribution in [0.5, 0.6) is 11.5 Å². The summed E-state index contributed by atoms with van der Waals surface area (Å²) in [5, 5.41) is 30.8. The lowest BCUT2D eigenvalue weighted by atomic mass is 10.2. The molecule has 3 aromatic carbocycles. The van der Waals surface area contributed by atoms with Crippen molar-refractivity contribution in [3.8, 4) is 23.0 Å². The maximum atomic E-state index is 11.0. The molecule has 0 spiro atoms. The van der Waals surface area contributed by atoms with E-state index in [9.17, 15) is 20.3 Å². The molecule has 0 amide bonds. The van der Waals surface area contributed by atoms with E-state index in [1.807, 2.05) is 0 Å². The first-order valence-corrected chi connectivity index (χ1v) is 10.0. The lowest BCUT2D eigenvalue weighted by Crippen LogP contribution is -1.91. The zero-order valence-corrected chi connectivity index (χ0v) is 18.1. The molecule has 2 N–H and O–H groups in total. The van der Waals surface area contributed by atoms with Gasteiger partial charge in [0.05, 0.1) is 19.6 Å². The summed E-state index contributed by atoms with van der Waals surface area (Å²) in [7, 11) is 0. The second-order valence-corrected chi connectivity index (χ2v) is 7.93. The van der Waals surface area contributed by atoms with Crippen LogP contribution in [0.25, 0.3) is 22.6 Å². The van der Waals surface area contributed by atoms with E-state index < -0.39 is 4.92 Å². The minimum absolute atomic E-state index is 0.113. The summed E-state index contributed by atoms with van der Waals surface area (Å²) in [4.78, 5) is 19.2. The van der Waals surface area contributed by atoms with E-state index in [1.54, 1.807) is 30.3 Å². The van der Waals surface area contributed by atoms with Crippen LogP contribution in [0, 0.1) is 10.1 Å². The Hall–Kier alpha value is -3.24. The average molecular weight is 533 g/mol. The van der Waals surface area contributed by atoms with Crippen molar-refractivity contribution < 1.29 is 19.6 Å². The topological polar surface area (TPSA) is 122 Å². The van der Waals surface area contributed by atoms with Crippen LogP contribution in [0.3, 0.4) is 0 Å². The van der Waals surface area contributed by atoms with Gasteiger partial charge in [0.2, 0.25) is 5.89 Å².